The standard InChI is InChI=1S/C17H31N3O/c1-4-6-18-13-17-12-16(15(3)21-17)14-20-10-8-19(7-5-2)9-11-20/h12,18H,4-11,13-14H2,1-3H3. The molecular weight excluding hydrogens is 262 g/mol. The molecule has 120 valence electrons. The van der Waals surface area contributed by atoms with Gasteiger partial charge in [-0.2, -0.15) is 0 Å². The van der Waals surface area contributed by atoms with Crippen LogP contribution in [0.15, 0.2) is 10.5 Å². The number of aryl methyl sites for hydroxylation is 1. The van der Waals surface area contributed by atoms with Gasteiger partial charge in [0, 0.05) is 38.3 Å². The molecule has 1 saturated heterocycles. The first-order chi connectivity index (χ1) is 10.2. The van der Waals surface area contributed by atoms with Gasteiger partial charge in [-0.05, 0) is 38.9 Å². The molecule has 0 saturated carbocycles. The third-order valence-electron chi connectivity index (χ3n) is 4.20. The minimum atomic E-state index is 0.846. The lowest BCUT2D eigenvalue weighted by Crippen LogP contribution is -2.46. The summed E-state index contributed by atoms with van der Waals surface area (Å²) in [4.78, 5) is 5.12. The summed E-state index contributed by atoms with van der Waals surface area (Å²) in [6.07, 6.45) is 2.42. The van der Waals surface area contributed by atoms with E-state index in [2.05, 4.69) is 42.0 Å². The number of nitrogens with one attached hydrogen (secondary N) is 1. The van der Waals surface area contributed by atoms with Crippen LogP contribution >= 0.6 is 0 Å². The van der Waals surface area contributed by atoms with Crippen molar-refractivity contribution in [2.24, 2.45) is 0 Å². The van der Waals surface area contributed by atoms with Gasteiger partial charge in [0.25, 0.3) is 0 Å². The van der Waals surface area contributed by atoms with Crippen LogP contribution in [0, 0.1) is 6.92 Å². The molecule has 0 aliphatic carbocycles. The highest BCUT2D eigenvalue weighted by Crippen LogP contribution is 2.17. The van der Waals surface area contributed by atoms with Gasteiger partial charge in [0.1, 0.15) is 11.5 Å². The summed E-state index contributed by atoms with van der Waals surface area (Å²) >= 11 is 0. The number of hydrogen-bond acceptors (Lipinski definition) is 4. The third-order valence-corrected chi connectivity index (χ3v) is 4.20. The predicted octanol–water partition coefficient (Wildman–Crippen LogP) is 2.62. The second-order valence-electron chi connectivity index (χ2n) is 6.09. The first-order valence-corrected chi connectivity index (χ1v) is 8.46. The Morgan fingerprint density at radius 2 is 1.81 bits per heavy atom. The number of nitrogens with zero attached hydrogens (tertiary/aromatic N) is 2. The van der Waals surface area contributed by atoms with E-state index in [9.17, 15) is 0 Å². The Balaban J connectivity index is 1.80. The van der Waals surface area contributed by atoms with Crippen molar-refractivity contribution >= 4 is 0 Å². The quantitative estimate of drug-likeness (QED) is 0.747. The molecule has 1 fully saturated rings. The van der Waals surface area contributed by atoms with Gasteiger partial charge in [0.2, 0.25) is 0 Å². The van der Waals surface area contributed by atoms with Crippen LogP contribution in [0.1, 0.15) is 43.8 Å². The molecule has 0 aromatic carbocycles. The Kier molecular flexibility index (Phi) is 6.74. The van der Waals surface area contributed by atoms with E-state index in [4.69, 9.17) is 4.42 Å². The zero-order chi connectivity index (χ0) is 15.1. The molecule has 21 heavy (non-hydrogen) atoms. The van der Waals surface area contributed by atoms with E-state index in [0.29, 0.717) is 0 Å². The fraction of sp³-hybridized carbons (Fsp3) is 0.765. The Hall–Kier alpha value is -0.840. The van der Waals surface area contributed by atoms with Gasteiger partial charge in [-0.15, -0.1) is 0 Å². The molecule has 0 spiro atoms. The summed E-state index contributed by atoms with van der Waals surface area (Å²) in [7, 11) is 0. The summed E-state index contributed by atoms with van der Waals surface area (Å²) in [5.41, 5.74) is 1.35. The SMILES string of the molecule is CCCNCc1cc(CN2CCN(CCC)CC2)c(C)o1. The van der Waals surface area contributed by atoms with Gasteiger partial charge < -0.3 is 14.6 Å². The first-order valence-electron chi connectivity index (χ1n) is 8.46. The molecule has 1 aromatic rings. The molecule has 4 nitrogen and oxygen atoms in total. The Bertz CT molecular complexity index is 408. The maximum absolute atomic E-state index is 5.86. The zero-order valence-electron chi connectivity index (χ0n) is 14.0. The van der Waals surface area contributed by atoms with Crippen molar-refractivity contribution in [3.8, 4) is 0 Å². The van der Waals surface area contributed by atoms with Crippen LogP contribution in [0.25, 0.3) is 0 Å². The molecule has 0 amide bonds. The first kappa shape index (κ1) is 16.5. The number of piperazine rings is 1. The number of rotatable bonds is 8. The largest absolute Gasteiger partial charge is 0.465 e. The average molecular weight is 293 g/mol. The van der Waals surface area contributed by atoms with Gasteiger partial charge in [0.15, 0.2) is 0 Å². The fourth-order valence-electron chi connectivity index (χ4n) is 2.95. The highest BCUT2D eigenvalue weighted by molar-refractivity contribution is 5.20. The van der Waals surface area contributed by atoms with Crippen molar-refractivity contribution in [2.45, 2.75) is 46.7 Å². The van der Waals surface area contributed by atoms with E-state index in [1.165, 1.54) is 44.7 Å². The van der Waals surface area contributed by atoms with Gasteiger partial charge in [0.05, 0.1) is 6.54 Å². The molecule has 2 rings (SSSR count). The van der Waals surface area contributed by atoms with Crippen molar-refractivity contribution in [1.82, 2.24) is 15.1 Å². The fourth-order valence-corrected chi connectivity index (χ4v) is 2.95. The van der Waals surface area contributed by atoms with Crippen LogP contribution in [-0.2, 0) is 13.1 Å². The number of hydrogen-bond donors (Lipinski definition) is 1. The Labute approximate surface area is 129 Å². The Morgan fingerprint density at radius 3 is 2.48 bits per heavy atom. The van der Waals surface area contributed by atoms with E-state index >= 15 is 0 Å². The molecule has 1 aliphatic rings. The topological polar surface area (TPSA) is 31.6 Å². The van der Waals surface area contributed by atoms with Crippen LogP contribution < -0.4 is 5.32 Å². The Morgan fingerprint density at radius 1 is 1.10 bits per heavy atom. The van der Waals surface area contributed by atoms with Crippen LogP contribution in [0.5, 0.6) is 0 Å². The van der Waals surface area contributed by atoms with E-state index in [0.717, 1.165) is 37.6 Å². The molecule has 0 radical (unpaired) electrons. The monoisotopic (exact) mass is 293 g/mol. The van der Waals surface area contributed by atoms with E-state index in [1.54, 1.807) is 0 Å². The second kappa shape index (κ2) is 8.57. The minimum Gasteiger partial charge on any atom is -0.465 e. The molecule has 1 aromatic heterocycles. The lowest BCUT2D eigenvalue weighted by molar-refractivity contribution is 0.127. The average Bonchev–Trinajstić information content (AvgIpc) is 2.82. The van der Waals surface area contributed by atoms with Crippen molar-refractivity contribution in [3.05, 3.63) is 23.2 Å². The summed E-state index contributed by atoms with van der Waals surface area (Å²) in [6, 6.07) is 2.23. The van der Waals surface area contributed by atoms with Gasteiger partial charge in [-0.25, -0.2) is 0 Å². The highest BCUT2D eigenvalue weighted by atomic mass is 16.3. The van der Waals surface area contributed by atoms with Crippen LogP contribution in [0.2, 0.25) is 0 Å². The van der Waals surface area contributed by atoms with Crippen molar-refractivity contribution in [2.75, 3.05) is 39.3 Å². The predicted molar refractivity (Wildman–Crippen MR) is 87.5 cm³/mol. The van der Waals surface area contributed by atoms with Crippen molar-refractivity contribution in [1.29, 1.82) is 0 Å². The second-order valence-corrected chi connectivity index (χ2v) is 6.09. The maximum atomic E-state index is 5.86. The molecule has 1 aliphatic heterocycles. The molecule has 0 bridgehead atoms. The van der Waals surface area contributed by atoms with E-state index in [1.807, 2.05) is 0 Å². The van der Waals surface area contributed by atoms with Gasteiger partial charge in [-0.1, -0.05) is 13.8 Å². The lowest BCUT2D eigenvalue weighted by atomic mass is 10.2. The summed E-state index contributed by atoms with van der Waals surface area (Å²) in [5.74, 6) is 2.15. The normalized spacial score (nSPS) is 17.5. The third kappa shape index (κ3) is 5.13. The molecule has 0 atom stereocenters. The molecule has 0 unspecified atom stereocenters. The molecule has 4 heteroatoms. The summed E-state index contributed by atoms with van der Waals surface area (Å²) < 4.78 is 5.86. The van der Waals surface area contributed by atoms with Crippen LogP contribution in [0.4, 0.5) is 0 Å². The van der Waals surface area contributed by atoms with Gasteiger partial charge >= 0.3 is 0 Å². The van der Waals surface area contributed by atoms with E-state index in [-0.39, 0.29) is 0 Å². The van der Waals surface area contributed by atoms with Gasteiger partial charge in [-0.3, -0.25) is 4.90 Å². The van der Waals surface area contributed by atoms with Crippen molar-refractivity contribution in [3.63, 3.8) is 0 Å². The lowest BCUT2D eigenvalue weighted by Gasteiger charge is -2.34. The maximum Gasteiger partial charge on any atom is 0.118 e. The summed E-state index contributed by atoms with van der Waals surface area (Å²) in [6.45, 7) is 15.5. The van der Waals surface area contributed by atoms with Crippen molar-refractivity contribution < 1.29 is 4.42 Å². The summed E-state index contributed by atoms with van der Waals surface area (Å²) in [5, 5.41) is 3.40. The van der Waals surface area contributed by atoms with E-state index < -0.39 is 0 Å². The van der Waals surface area contributed by atoms with Crippen LogP contribution in [-0.4, -0.2) is 49.1 Å². The smallest absolute Gasteiger partial charge is 0.118 e. The zero-order valence-corrected chi connectivity index (χ0v) is 14.0. The number of furan rings is 1. The highest BCUT2D eigenvalue weighted by Gasteiger charge is 2.18. The molecule has 2 heterocycles. The molecule has 1 N–H and O–H groups in total. The molecular formula is C17H31N3O. The van der Waals surface area contributed by atoms with Crippen LogP contribution in [0.3, 0.4) is 0 Å². The minimum absolute atomic E-state index is 0.846.